The first-order valence-corrected chi connectivity index (χ1v) is 6.87. The smallest absolute Gasteiger partial charge is 0.263 e. The molecule has 2 rings (SSSR count). The van der Waals surface area contributed by atoms with Crippen molar-refractivity contribution in [3.63, 3.8) is 0 Å². The molecular formula is C15H22N2O2. The highest BCUT2D eigenvalue weighted by Gasteiger charge is 2.25. The first kappa shape index (κ1) is 13.9. The second-order valence-corrected chi connectivity index (χ2v) is 5.06. The van der Waals surface area contributed by atoms with Crippen LogP contribution in [-0.2, 0) is 11.3 Å². The van der Waals surface area contributed by atoms with Crippen LogP contribution < -0.4 is 10.5 Å². The number of ether oxygens (including phenoxy) is 1. The monoisotopic (exact) mass is 262 g/mol. The lowest BCUT2D eigenvalue weighted by atomic mass is 10.1. The van der Waals surface area contributed by atoms with Crippen LogP contribution in [0.5, 0.6) is 5.75 Å². The lowest BCUT2D eigenvalue weighted by molar-refractivity contribution is -0.136. The summed E-state index contributed by atoms with van der Waals surface area (Å²) in [7, 11) is 0. The van der Waals surface area contributed by atoms with E-state index in [9.17, 15) is 4.79 Å². The number of para-hydroxylation sites is 1. The minimum atomic E-state index is -0.454. The molecule has 1 aliphatic rings. The van der Waals surface area contributed by atoms with Crippen LogP contribution in [-0.4, -0.2) is 30.0 Å². The van der Waals surface area contributed by atoms with Gasteiger partial charge in [0.15, 0.2) is 6.10 Å². The summed E-state index contributed by atoms with van der Waals surface area (Å²) < 4.78 is 5.87. The number of carbonyl (C=O) groups is 1. The summed E-state index contributed by atoms with van der Waals surface area (Å²) in [4.78, 5) is 14.1. The first-order valence-electron chi connectivity index (χ1n) is 6.87. The van der Waals surface area contributed by atoms with Gasteiger partial charge in [0.25, 0.3) is 5.91 Å². The Morgan fingerprint density at radius 2 is 2.11 bits per heavy atom. The molecule has 2 N–H and O–H groups in total. The predicted molar refractivity (Wildman–Crippen MR) is 75.0 cm³/mol. The second kappa shape index (κ2) is 6.06. The molecule has 0 aliphatic carbocycles. The van der Waals surface area contributed by atoms with Crippen molar-refractivity contribution in [3.8, 4) is 5.75 Å². The number of nitrogens with zero attached hydrogens (tertiary/aromatic N) is 1. The van der Waals surface area contributed by atoms with E-state index in [0.717, 1.165) is 42.8 Å². The fourth-order valence-corrected chi connectivity index (χ4v) is 2.46. The first-order chi connectivity index (χ1) is 9.13. The number of hydrogen-bond donors (Lipinski definition) is 1. The topological polar surface area (TPSA) is 55.6 Å². The third-order valence-corrected chi connectivity index (χ3v) is 3.57. The Kier molecular flexibility index (Phi) is 4.43. The number of benzene rings is 1. The molecule has 4 nitrogen and oxygen atoms in total. The van der Waals surface area contributed by atoms with Gasteiger partial charge in [0, 0.05) is 25.2 Å². The van der Waals surface area contributed by atoms with E-state index < -0.39 is 6.10 Å². The number of likely N-dealkylation sites (tertiary alicyclic amines) is 1. The zero-order valence-electron chi connectivity index (χ0n) is 11.7. The van der Waals surface area contributed by atoms with Gasteiger partial charge in [-0.25, -0.2) is 0 Å². The quantitative estimate of drug-likeness (QED) is 0.901. The molecular weight excluding hydrogens is 240 g/mol. The van der Waals surface area contributed by atoms with Crippen molar-refractivity contribution in [2.75, 3.05) is 13.1 Å². The Balaban J connectivity index is 2.09. The van der Waals surface area contributed by atoms with Crippen molar-refractivity contribution in [1.29, 1.82) is 0 Å². The molecule has 1 unspecified atom stereocenters. The van der Waals surface area contributed by atoms with Crippen molar-refractivity contribution in [3.05, 3.63) is 29.3 Å². The van der Waals surface area contributed by atoms with Gasteiger partial charge < -0.3 is 15.4 Å². The zero-order chi connectivity index (χ0) is 13.8. The van der Waals surface area contributed by atoms with Crippen molar-refractivity contribution < 1.29 is 9.53 Å². The molecule has 1 aromatic carbocycles. The Hall–Kier alpha value is -1.55. The van der Waals surface area contributed by atoms with Gasteiger partial charge in [-0.2, -0.15) is 0 Å². The van der Waals surface area contributed by atoms with Crippen LogP contribution in [0.4, 0.5) is 0 Å². The molecule has 0 aromatic heterocycles. The van der Waals surface area contributed by atoms with E-state index in [2.05, 4.69) is 0 Å². The third kappa shape index (κ3) is 3.07. The van der Waals surface area contributed by atoms with Gasteiger partial charge in [-0.15, -0.1) is 0 Å². The van der Waals surface area contributed by atoms with Crippen LogP contribution >= 0.6 is 0 Å². The molecule has 1 atom stereocenters. The summed E-state index contributed by atoms with van der Waals surface area (Å²) in [6.45, 7) is 5.91. The molecule has 1 amide bonds. The van der Waals surface area contributed by atoms with E-state index in [4.69, 9.17) is 10.5 Å². The molecule has 19 heavy (non-hydrogen) atoms. The molecule has 0 saturated carbocycles. The Labute approximate surface area is 114 Å². The lowest BCUT2D eigenvalue weighted by Gasteiger charge is -2.23. The molecule has 1 saturated heterocycles. The van der Waals surface area contributed by atoms with Crippen LogP contribution in [0.1, 0.15) is 30.9 Å². The molecule has 1 fully saturated rings. The summed E-state index contributed by atoms with van der Waals surface area (Å²) in [6.07, 6.45) is 1.73. The van der Waals surface area contributed by atoms with E-state index in [-0.39, 0.29) is 5.91 Å². The molecule has 0 bridgehead atoms. The number of rotatable bonds is 4. The average Bonchev–Trinajstić information content (AvgIpc) is 2.94. The molecule has 1 heterocycles. The van der Waals surface area contributed by atoms with E-state index >= 15 is 0 Å². The minimum Gasteiger partial charge on any atom is -0.480 e. The number of nitrogens with two attached hydrogens (primary N) is 1. The van der Waals surface area contributed by atoms with Gasteiger partial charge in [-0.3, -0.25) is 4.79 Å². The summed E-state index contributed by atoms with van der Waals surface area (Å²) in [5.41, 5.74) is 7.68. The largest absolute Gasteiger partial charge is 0.480 e. The predicted octanol–water partition coefficient (Wildman–Crippen LogP) is 1.84. The van der Waals surface area contributed by atoms with Crippen LogP contribution in [0.2, 0.25) is 0 Å². The van der Waals surface area contributed by atoms with Gasteiger partial charge in [-0.05, 0) is 32.3 Å². The fraction of sp³-hybridized carbons (Fsp3) is 0.533. The summed E-state index contributed by atoms with van der Waals surface area (Å²) in [6, 6.07) is 5.87. The Morgan fingerprint density at radius 3 is 2.74 bits per heavy atom. The molecule has 4 heteroatoms. The SMILES string of the molecule is Cc1cccc(CN)c1OC(C)C(=O)N1CCCC1. The van der Waals surface area contributed by atoms with E-state index in [1.165, 1.54) is 0 Å². The Morgan fingerprint density at radius 1 is 1.42 bits per heavy atom. The van der Waals surface area contributed by atoms with Crippen molar-refractivity contribution in [2.45, 2.75) is 39.3 Å². The maximum absolute atomic E-state index is 12.2. The van der Waals surface area contributed by atoms with Crippen LogP contribution in [0.25, 0.3) is 0 Å². The number of aryl methyl sites for hydroxylation is 1. The number of amides is 1. The van der Waals surface area contributed by atoms with Crippen LogP contribution in [0, 0.1) is 6.92 Å². The van der Waals surface area contributed by atoms with Crippen molar-refractivity contribution >= 4 is 5.91 Å². The summed E-state index contributed by atoms with van der Waals surface area (Å²) in [5.74, 6) is 0.828. The van der Waals surface area contributed by atoms with Crippen molar-refractivity contribution in [1.82, 2.24) is 4.90 Å². The number of hydrogen-bond acceptors (Lipinski definition) is 3. The highest BCUT2D eigenvalue weighted by molar-refractivity contribution is 5.81. The third-order valence-electron chi connectivity index (χ3n) is 3.57. The molecule has 104 valence electrons. The van der Waals surface area contributed by atoms with Crippen molar-refractivity contribution in [2.24, 2.45) is 5.73 Å². The number of carbonyl (C=O) groups excluding carboxylic acids is 1. The standard InChI is InChI=1S/C15H22N2O2/c1-11-6-5-7-13(10-16)14(11)19-12(2)15(18)17-8-3-4-9-17/h5-7,12H,3-4,8-10,16H2,1-2H3. The average molecular weight is 262 g/mol. The maximum atomic E-state index is 12.2. The molecule has 1 aliphatic heterocycles. The highest BCUT2D eigenvalue weighted by atomic mass is 16.5. The normalized spacial score (nSPS) is 16.5. The molecule has 0 radical (unpaired) electrons. The summed E-state index contributed by atoms with van der Waals surface area (Å²) in [5, 5.41) is 0. The van der Waals surface area contributed by atoms with E-state index in [0.29, 0.717) is 6.54 Å². The van der Waals surface area contributed by atoms with Crippen LogP contribution in [0.15, 0.2) is 18.2 Å². The maximum Gasteiger partial charge on any atom is 0.263 e. The van der Waals surface area contributed by atoms with Crippen LogP contribution in [0.3, 0.4) is 0 Å². The van der Waals surface area contributed by atoms with E-state index in [1.807, 2.05) is 36.9 Å². The van der Waals surface area contributed by atoms with Gasteiger partial charge in [0.05, 0.1) is 0 Å². The van der Waals surface area contributed by atoms with E-state index in [1.54, 1.807) is 0 Å². The Bertz CT molecular complexity index is 453. The van der Waals surface area contributed by atoms with Gasteiger partial charge in [0.1, 0.15) is 5.75 Å². The molecule has 0 spiro atoms. The minimum absolute atomic E-state index is 0.0729. The fourth-order valence-electron chi connectivity index (χ4n) is 2.46. The zero-order valence-corrected chi connectivity index (χ0v) is 11.7. The highest BCUT2D eigenvalue weighted by Crippen LogP contribution is 2.25. The molecule has 1 aromatic rings. The summed E-state index contributed by atoms with van der Waals surface area (Å²) >= 11 is 0. The van der Waals surface area contributed by atoms with Gasteiger partial charge in [-0.1, -0.05) is 18.2 Å². The lowest BCUT2D eigenvalue weighted by Crippen LogP contribution is -2.38. The second-order valence-electron chi connectivity index (χ2n) is 5.06. The van der Waals surface area contributed by atoms with Gasteiger partial charge >= 0.3 is 0 Å². The van der Waals surface area contributed by atoms with Gasteiger partial charge in [0.2, 0.25) is 0 Å².